The maximum Gasteiger partial charge on any atom is 0.331 e. The summed E-state index contributed by atoms with van der Waals surface area (Å²) in [5, 5.41) is 0. The van der Waals surface area contributed by atoms with Gasteiger partial charge in [0.1, 0.15) is 13.2 Å². The fraction of sp³-hybridized carbons (Fsp3) is 0.450. The lowest BCUT2D eigenvalue weighted by Crippen LogP contribution is -2.45. The average Bonchev–Trinajstić information content (AvgIpc) is 2.75. The maximum absolute atomic E-state index is 12.2. The molecule has 0 radical (unpaired) electrons. The smallest absolute Gasteiger partial charge is 0.331 e. The number of benzene rings is 1. The molecular weight excluding hydrogens is 380 g/mol. The van der Waals surface area contributed by atoms with Crippen molar-refractivity contribution in [2.75, 3.05) is 40.0 Å². The van der Waals surface area contributed by atoms with E-state index in [-0.39, 0.29) is 25.0 Å². The third-order valence-corrected chi connectivity index (χ3v) is 4.78. The van der Waals surface area contributed by atoms with Crippen LogP contribution in [0.25, 0.3) is 6.08 Å². The first-order valence-electron chi connectivity index (χ1n) is 9.37. The van der Waals surface area contributed by atoms with Gasteiger partial charge in [0.25, 0.3) is 5.91 Å². The molecule has 1 aromatic rings. The van der Waals surface area contributed by atoms with Crippen LogP contribution in [0.3, 0.4) is 0 Å². The summed E-state index contributed by atoms with van der Waals surface area (Å²) in [4.78, 5) is 37.0. The second-order valence-electron chi connectivity index (χ2n) is 6.77. The van der Waals surface area contributed by atoms with Gasteiger partial charge in [0.05, 0.1) is 13.0 Å². The summed E-state index contributed by atoms with van der Waals surface area (Å²) in [6.45, 7) is 1.27. The van der Waals surface area contributed by atoms with Crippen LogP contribution in [0.5, 0.6) is 17.2 Å². The van der Waals surface area contributed by atoms with Crippen LogP contribution in [0, 0.1) is 5.92 Å². The van der Waals surface area contributed by atoms with Gasteiger partial charge in [-0.3, -0.25) is 9.59 Å². The summed E-state index contributed by atoms with van der Waals surface area (Å²) < 4.78 is 21.4. The number of carbonyl (C=O) groups is 3. The van der Waals surface area contributed by atoms with Crippen molar-refractivity contribution in [2.24, 2.45) is 11.7 Å². The number of nitrogens with zero attached hydrogens (tertiary/aromatic N) is 1. The Morgan fingerprint density at radius 1 is 1.28 bits per heavy atom. The molecule has 2 heterocycles. The highest BCUT2D eigenvalue weighted by atomic mass is 16.6. The molecule has 0 bridgehead atoms. The minimum atomic E-state index is -0.657. The van der Waals surface area contributed by atoms with Crippen LogP contribution in [-0.4, -0.2) is 62.7 Å². The van der Waals surface area contributed by atoms with Crippen molar-refractivity contribution < 1.29 is 33.3 Å². The van der Waals surface area contributed by atoms with Crippen molar-refractivity contribution in [1.29, 1.82) is 0 Å². The molecule has 0 aliphatic carbocycles. The molecule has 9 nitrogen and oxygen atoms in total. The van der Waals surface area contributed by atoms with Gasteiger partial charge < -0.3 is 29.6 Å². The third-order valence-electron chi connectivity index (χ3n) is 4.78. The van der Waals surface area contributed by atoms with E-state index in [1.165, 1.54) is 24.2 Å². The van der Waals surface area contributed by atoms with Gasteiger partial charge in [-0.15, -0.1) is 0 Å². The van der Waals surface area contributed by atoms with Crippen molar-refractivity contribution in [3.05, 3.63) is 23.8 Å². The number of hydrogen-bond acceptors (Lipinski definition) is 7. The number of amides is 2. The van der Waals surface area contributed by atoms with E-state index in [4.69, 9.17) is 24.7 Å². The molecule has 0 saturated carbocycles. The zero-order valence-electron chi connectivity index (χ0n) is 16.2. The van der Waals surface area contributed by atoms with Crippen LogP contribution in [0.2, 0.25) is 0 Å². The highest BCUT2D eigenvalue weighted by Crippen LogP contribution is 2.40. The van der Waals surface area contributed by atoms with E-state index >= 15 is 0 Å². The van der Waals surface area contributed by atoms with Crippen molar-refractivity contribution in [3.8, 4) is 17.2 Å². The average molecular weight is 404 g/mol. The number of fused-ring (bicyclic) bond motifs is 1. The Hall–Kier alpha value is -3.23. The SMILES string of the molecule is COc1cc(/C=C/C(=O)OCC(=O)N2CCC[C@H](C(N)=O)C2)cc2c1OCCO2. The quantitative estimate of drug-likeness (QED) is 0.549. The van der Waals surface area contributed by atoms with E-state index in [0.29, 0.717) is 55.4 Å². The van der Waals surface area contributed by atoms with Crippen molar-refractivity contribution >= 4 is 23.9 Å². The minimum Gasteiger partial charge on any atom is -0.493 e. The maximum atomic E-state index is 12.2. The molecule has 0 unspecified atom stereocenters. The van der Waals surface area contributed by atoms with Crippen LogP contribution >= 0.6 is 0 Å². The molecule has 1 fully saturated rings. The molecule has 2 N–H and O–H groups in total. The Bertz CT molecular complexity index is 804. The zero-order valence-corrected chi connectivity index (χ0v) is 16.2. The number of nitrogens with two attached hydrogens (primary N) is 1. The number of ether oxygens (including phenoxy) is 4. The minimum absolute atomic E-state index is 0.262. The van der Waals surface area contributed by atoms with Crippen LogP contribution in [0.15, 0.2) is 18.2 Å². The Labute approximate surface area is 168 Å². The molecule has 0 aromatic heterocycles. The first kappa shape index (κ1) is 20.5. The molecule has 1 saturated heterocycles. The molecule has 2 aliphatic heterocycles. The summed E-state index contributed by atoms with van der Waals surface area (Å²) in [5.41, 5.74) is 5.97. The third kappa shape index (κ3) is 5.18. The van der Waals surface area contributed by atoms with Gasteiger partial charge in [-0.25, -0.2) is 4.79 Å². The predicted octanol–water partition coefficient (Wildman–Crippen LogP) is 0.747. The lowest BCUT2D eigenvalue weighted by atomic mass is 9.97. The fourth-order valence-electron chi connectivity index (χ4n) is 3.26. The number of piperidine rings is 1. The summed E-state index contributed by atoms with van der Waals surface area (Å²) >= 11 is 0. The van der Waals surface area contributed by atoms with Gasteiger partial charge in [-0.05, 0) is 36.6 Å². The highest BCUT2D eigenvalue weighted by Gasteiger charge is 2.27. The summed E-state index contributed by atoms with van der Waals surface area (Å²) in [6, 6.07) is 3.43. The van der Waals surface area contributed by atoms with Crippen molar-refractivity contribution in [3.63, 3.8) is 0 Å². The predicted molar refractivity (Wildman–Crippen MR) is 102 cm³/mol. The van der Waals surface area contributed by atoms with Gasteiger partial charge in [-0.2, -0.15) is 0 Å². The Kier molecular flexibility index (Phi) is 6.58. The second kappa shape index (κ2) is 9.31. The summed E-state index contributed by atoms with van der Waals surface area (Å²) in [6.07, 6.45) is 4.12. The van der Waals surface area contributed by atoms with Gasteiger partial charge in [0.2, 0.25) is 11.7 Å². The second-order valence-corrected chi connectivity index (χ2v) is 6.77. The number of primary amides is 1. The largest absolute Gasteiger partial charge is 0.493 e. The normalized spacial score (nSPS) is 18.4. The molecule has 9 heteroatoms. The number of carbonyl (C=O) groups excluding carboxylic acids is 3. The molecule has 0 spiro atoms. The van der Waals surface area contributed by atoms with E-state index < -0.39 is 11.9 Å². The van der Waals surface area contributed by atoms with Crippen molar-refractivity contribution in [2.45, 2.75) is 12.8 Å². The topological polar surface area (TPSA) is 117 Å². The van der Waals surface area contributed by atoms with Gasteiger partial charge in [0, 0.05) is 19.2 Å². The van der Waals surface area contributed by atoms with Gasteiger partial charge in [-0.1, -0.05) is 0 Å². The van der Waals surface area contributed by atoms with Crippen LogP contribution in [0.1, 0.15) is 18.4 Å². The van der Waals surface area contributed by atoms with Crippen LogP contribution < -0.4 is 19.9 Å². The molecular formula is C20H24N2O7. The molecule has 2 amide bonds. The highest BCUT2D eigenvalue weighted by molar-refractivity contribution is 5.89. The summed E-state index contributed by atoms with van der Waals surface area (Å²) in [5.74, 6) is -0.215. The number of likely N-dealkylation sites (tertiary alicyclic amines) is 1. The molecule has 2 aliphatic rings. The number of rotatable bonds is 6. The van der Waals surface area contributed by atoms with E-state index in [2.05, 4.69) is 0 Å². The molecule has 3 rings (SSSR count). The first-order chi connectivity index (χ1) is 14.0. The Balaban J connectivity index is 1.55. The molecule has 29 heavy (non-hydrogen) atoms. The van der Waals surface area contributed by atoms with E-state index in [1.807, 2.05) is 0 Å². The lowest BCUT2D eigenvalue weighted by molar-refractivity contribution is -0.149. The number of esters is 1. The molecule has 1 atom stereocenters. The Morgan fingerprint density at radius 3 is 2.83 bits per heavy atom. The molecule has 1 aromatic carbocycles. The Morgan fingerprint density at radius 2 is 2.07 bits per heavy atom. The number of hydrogen-bond donors (Lipinski definition) is 1. The van der Waals surface area contributed by atoms with E-state index in [1.54, 1.807) is 12.1 Å². The van der Waals surface area contributed by atoms with Crippen molar-refractivity contribution in [1.82, 2.24) is 4.90 Å². The van der Waals surface area contributed by atoms with E-state index in [9.17, 15) is 14.4 Å². The number of methoxy groups -OCH3 is 1. The fourth-order valence-corrected chi connectivity index (χ4v) is 3.26. The standard InChI is InChI=1S/C20H24N2O7/c1-26-15-9-13(10-16-19(15)28-8-7-27-16)4-5-18(24)29-12-17(23)22-6-2-3-14(11-22)20(21)25/h4-5,9-10,14H,2-3,6-8,11-12H2,1H3,(H2,21,25)/b5-4+/t14-/m0/s1. The monoisotopic (exact) mass is 404 g/mol. The van der Waals surface area contributed by atoms with Crippen LogP contribution in [-0.2, 0) is 19.1 Å². The van der Waals surface area contributed by atoms with Gasteiger partial charge >= 0.3 is 5.97 Å². The first-order valence-corrected chi connectivity index (χ1v) is 9.37. The van der Waals surface area contributed by atoms with E-state index in [0.717, 1.165) is 0 Å². The lowest BCUT2D eigenvalue weighted by Gasteiger charge is -2.30. The zero-order chi connectivity index (χ0) is 20.8. The molecule has 156 valence electrons. The summed E-state index contributed by atoms with van der Waals surface area (Å²) in [7, 11) is 1.52. The van der Waals surface area contributed by atoms with Crippen LogP contribution in [0.4, 0.5) is 0 Å². The van der Waals surface area contributed by atoms with Gasteiger partial charge in [0.15, 0.2) is 18.1 Å².